The fraction of sp³-hybridized carbons (Fsp3) is 1.00. The standard InChI is InChI=1S/C20H43N/c1-6-7-8-9-10-11-12-13-14-15-16-20(4,5)18-21-17-19(2)3/h19,21H,6-18H2,1-5H3. The maximum absolute atomic E-state index is 3.61. The predicted molar refractivity (Wildman–Crippen MR) is 97.9 cm³/mol. The smallest absolute Gasteiger partial charge is 0.000263 e. The second kappa shape index (κ2) is 13.6. The zero-order valence-electron chi connectivity index (χ0n) is 15.8. The van der Waals surface area contributed by atoms with Crippen LogP contribution in [-0.2, 0) is 0 Å². The summed E-state index contributed by atoms with van der Waals surface area (Å²) in [5, 5.41) is 3.61. The Morgan fingerprint density at radius 3 is 1.71 bits per heavy atom. The molecule has 0 bridgehead atoms. The molecule has 0 aromatic rings. The number of rotatable bonds is 15. The van der Waals surface area contributed by atoms with Gasteiger partial charge in [-0.05, 0) is 24.3 Å². The zero-order valence-corrected chi connectivity index (χ0v) is 15.8. The lowest BCUT2D eigenvalue weighted by molar-refractivity contribution is 0.295. The minimum atomic E-state index is 0.467. The van der Waals surface area contributed by atoms with Crippen LogP contribution in [0.15, 0.2) is 0 Å². The Hall–Kier alpha value is -0.0400. The lowest BCUT2D eigenvalue weighted by atomic mass is 9.86. The molecule has 0 aliphatic heterocycles. The van der Waals surface area contributed by atoms with E-state index in [0.717, 1.165) is 12.5 Å². The van der Waals surface area contributed by atoms with E-state index in [1.807, 2.05) is 0 Å². The highest BCUT2D eigenvalue weighted by atomic mass is 14.9. The van der Waals surface area contributed by atoms with Crippen molar-refractivity contribution in [2.24, 2.45) is 11.3 Å². The molecular formula is C20H43N. The topological polar surface area (TPSA) is 12.0 Å². The van der Waals surface area contributed by atoms with Crippen LogP contribution < -0.4 is 5.32 Å². The van der Waals surface area contributed by atoms with Crippen LogP contribution in [0.4, 0.5) is 0 Å². The average molecular weight is 298 g/mol. The third-order valence-corrected chi connectivity index (χ3v) is 4.36. The van der Waals surface area contributed by atoms with Crippen molar-refractivity contribution < 1.29 is 0 Å². The molecule has 0 saturated heterocycles. The van der Waals surface area contributed by atoms with Gasteiger partial charge in [-0.2, -0.15) is 0 Å². The molecule has 0 heterocycles. The van der Waals surface area contributed by atoms with Gasteiger partial charge in [0.15, 0.2) is 0 Å². The molecule has 128 valence electrons. The van der Waals surface area contributed by atoms with Gasteiger partial charge in [0.05, 0.1) is 0 Å². The number of hydrogen-bond donors (Lipinski definition) is 1. The highest BCUT2D eigenvalue weighted by Crippen LogP contribution is 2.23. The van der Waals surface area contributed by atoms with Crippen molar-refractivity contribution in [3.8, 4) is 0 Å². The van der Waals surface area contributed by atoms with Crippen molar-refractivity contribution in [3.05, 3.63) is 0 Å². The maximum atomic E-state index is 3.61. The van der Waals surface area contributed by atoms with Crippen molar-refractivity contribution in [2.75, 3.05) is 13.1 Å². The summed E-state index contributed by atoms with van der Waals surface area (Å²) < 4.78 is 0. The van der Waals surface area contributed by atoms with Crippen LogP contribution in [-0.4, -0.2) is 13.1 Å². The van der Waals surface area contributed by atoms with E-state index in [1.165, 1.54) is 77.2 Å². The number of hydrogen-bond acceptors (Lipinski definition) is 1. The Balaban J connectivity index is 3.32. The second-order valence-electron chi connectivity index (χ2n) is 8.12. The molecule has 0 fully saturated rings. The second-order valence-corrected chi connectivity index (χ2v) is 8.12. The van der Waals surface area contributed by atoms with Gasteiger partial charge >= 0.3 is 0 Å². The van der Waals surface area contributed by atoms with Crippen LogP contribution >= 0.6 is 0 Å². The first-order valence-electron chi connectivity index (χ1n) is 9.68. The van der Waals surface area contributed by atoms with Gasteiger partial charge in [0, 0.05) is 6.54 Å². The summed E-state index contributed by atoms with van der Waals surface area (Å²) in [5.41, 5.74) is 0.467. The van der Waals surface area contributed by atoms with Crippen molar-refractivity contribution in [2.45, 2.75) is 105 Å². The Morgan fingerprint density at radius 2 is 1.24 bits per heavy atom. The first kappa shape index (κ1) is 21.0. The lowest BCUT2D eigenvalue weighted by Gasteiger charge is -2.25. The fourth-order valence-electron chi connectivity index (χ4n) is 2.88. The van der Waals surface area contributed by atoms with Gasteiger partial charge in [0.2, 0.25) is 0 Å². The molecule has 0 amide bonds. The molecular weight excluding hydrogens is 254 g/mol. The molecule has 0 aliphatic carbocycles. The number of unbranched alkanes of at least 4 members (excludes halogenated alkanes) is 9. The molecule has 0 rings (SSSR count). The molecule has 1 nitrogen and oxygen atoms in total. The van der Waals surface area contributed by atoms with E-state index in [9.17, 15) is 0 Å². The average Bonchev–Trinajstić information content (AvgIpc) is 2.40. The summed E-state index contributed by atoms with van der Waals surface area (Å²) in [6.45, 7) is 14.0. The van der Waals surface area contributed by atoms with Crippen LogP contribution in [0.2, 0.25) is 0 Å². The zero-order chi connectivity index (χ0) is 16.0. The van der Waals surface area contributed by atoms with Crippen molar-refractivity contribution in [1.29, 1.82) is 0 Å². The van der Waals surface area contributed by atoms with E-state index in [-0.39, 0.29) is 0 Å². The van der Waals surface area contributed by atoms with Crippen LogP contribution in [0, 0.1) is 11.3 Å². The lowest BCUT2D eigenvalue weighted by Crippen LogP contribution is -2.31. The molecule has 0 aromatic heterocycles. The van der Waals surface area contributed by atoms with E-state index >= 15 is 0 Å². The van der Waals surface area contributed by atoms with Gasteiger partial charge in [-0.1, -0.05) is 98.8 Å². The quantitative estimate of drug-likeness (QED) is 0.337. The molecule has 0 radical (unpaired) electrons. The van der Waals surface area contributed by atoms with Gasteiger partial charge in [0.25, 0.3) is 0 Å². The molecule has 1 heteroatoms. The minimum Gasteiger partial charge on any atom is -0.316 e. The van der Waals surface area contributed by atoms with Gasteiger partial charge in [-0.3, -0.25) is 0 Å². The molecule has 0 saturated carbocycles. The molecule has 0 spiro atoms. The summed E-state index contributed by atoms with van der Waals surface area (Å²) in [6.07, 6.45) is 15.7. The molecule has 21 heavy (non-hydrogen) atoms. The van der Waals surface area contributed by atoms with E-state index in [2.05, 4.69) is 39.9 Å². The molecule has 1 N–H and O–H groups in total. The number of nitrogens with one attached hydrogen (secondary N) is 1. The Morgan fingerprint density at radius 1 is 0.762 bits per heavy atom. The molecule has 0 aromatic carbocycles. The van der Waals surface area contributed by atoms with Crippen LogP contribution in [0.1, 0.15) is 105 Å². The van der Waals surface area contributed by atoms with Crippen molar-refractivity contribution in [1.82, 2.24) is 5.32 Å². The monoisotopic (exact) mass is 297 g/mol. The van der Waals surface area contributed by atoms with Crippen LogP contribution in [0.3, 0.4) is 0 Å². The Labute approximate surface area is 135 Å². The normalized spacial score (nSPS) is 12.3. The highest BCUT2D eigenvalue weighted by molar-refractivity contribution is 4.72. The molecule has 0 aliphatic rings. The summed E-state index contributed by atoms with van der Waals surface area (Å²) in [4.78, 5) is 0. The molecule has 0 unspecified atom stereocenters. The van der Waals surface area contributed by atoms with E-state index in [0.29, 0.717) is 5.41 Å². The predicted octanol–water partition coefficient (Wildman–Crippen LogP) is 6.57. The third-order valence-electron chi connectivity index (χ3n) is 4.36. The van der Waals surface area contributed by atoms with Gasteiger partial charge < -0.3 is 5.32 Å². The van der Waals surface area contributed by atoms with Crippen LogP contribution in [0.5, 0.6) is 0 Å². The SMILES string of the molecule is CCCCCCCCCCCCC(C)(C)CNCC(C)C. The highest BCUT2D eigenvalue weighted by Gasteiger charge is 2.16. The van der Waals surface area contributed by atoms with Crippen LogP contribution in [0.25, 0.3) is 0 Å². The van der Waals surface area contributed by atoms with E-state index in [1.54, 1.807) is 0 Å². The van der Waals surface area contributed by atoms with Crippen molar-refractivity contribution in [3.63, 3.8) is 0 Å². The first-order chi connectivity index (χ1) is 9.98. The summed E-state index contributed by atoms with van der Waals surface area (Å²) in [7, 11) is 0. The van der Waals surface area contributed by atoms with E-state index < -0.39 is 0 Å². The third kappa shape index (κ3) is 16.2. The maximum Gasteiger partial charge on any atom is 0.000263 e. The summed E-state index contributed by atoms with van der Waals surface area (Å²) >= 11 is 0. The minimum absolute atomic E-state index is 0.467. The fourth-order valence-corrected chi connectivity index (χ4v) is 2.88. The first-order valence-corrected chi connectivity index (χ1v) is 9.68. The van der Waals surface area contributed by atoms with Gasteiger partial charge in [0.1, 0.15) is 0 Å². The van der Waals surface area contributed by atoms with Gasteiger partial charge in [-0.25, -0.2) is 0 Å². The van der Waals surface area contributed by atoms with Crippen molar-refractivity contribution >= 4 is 0 Å². The molecule has 0 atom stereocenters. The summed E-state index contributed by atoms with van der Waals surface area (Å²) in [6, 6.07) is 0. The summed E-state index contributed by atoms with van der Waals surface area (Å²) in [5.74, 6) is 0.762. The van der Waals surface area contributed by atoms with E-state index in [4.69, 9.17) is 0 Å². The van der Waals surface area contributed by atoms with Gasteiger partial charge in [-0.15, -0.1) is 0 Å². The Bertz CT molecular complexity index is 208. The largest absolute Gasteiger partial charge is 0.316 e. The Kier molecular flexibility index (Phi) is 13.6.